The van der Waals surface area contributed by atoms with Crippen molar-refractivity contribution in [3.8, 4) is 0 Å². The number of aryl methyl sites for hydroxylation is 1. The third kappa shape index (κ3) is 3.14. The van der Waals surface area contributed by atoms with Gasteiger partial charge in [0, 0.05) is 30.0 Å². The molecule has 1 N–H and O–H groups in total. The van der Waals surface area contributed by atoms with Gasteiger partial charge in [-0.2, -0.15) is 0 Å². The van der Waals surface area contributed by atoms with Crippen LogP contribution in [0.2, 0.25) is 0 Å². The molecule has 18 heavy (non-hydrogen) atoms. The van der Waals surface area contributed by atoms with Crippen LogP contribution in [0.15, 0.2) is 42.6 Å². The molecule has 1 aromatic carbocycles. The fourth-order valence-electron chi connectivity index (χ4n) is 1.81. The summed E-state index contributed by atoms with van der Waals surface area (Å²) in [5.41, 5.74) is 2.79. The molecule has 1 unspecified atom stereocenters. The van der Waals surface area contributed by atoms with E-state index in [4.69, 9.17) is 0 Å². The van der Waals surface area contributed by atoms with Crippen molar-refractivity contribution in [2.75, 3.05) is 0 Å². The number of benzene rings is 1. The summed E-state index contributed by atoms with van der Waals surface area (Å²) >= 11 is 0. The minimum Gasteiger partial charge on any atom is -0.306 e. The first-order chi connectivity index (χ1) is 8.66. The SMILES string of the molecule is Cc1ccc(CNC(C)c2ccccc2F)cn1. The van der Waals surface area contributed by atoms with E-state index in [0.717, 1.165) is 11.3 Å². The Hall–Kier alpha value is -1.74. The number of halogens is 1. The van der Waals surface area contributed by atoms with Gasteiger partial charge in [0.05, 0.1) is 0 Å². The molecule has 1 aromatic heterocycles. The average Bonchev–Trinajstić information content (AvgIpc) is 2.38. The Morgan fingerprint density at radius 2 is 2.00 bits per heavy atom. The van der Waals surface area contributed by atoms with Crippen LogP contribution in [-0.4, -0.2) is 4.98 Å². The number of nitrogens with one attached hydrogen (secondary N) is 1. The summed E-state index contributed by atoms with van der Waals surface area (Å²) in [6.07, 6.45) is 1.84. The highest BCUT2D eigenvalue weighted by molar-refractivity contribution is 5.21. The minimum atomic E-state index is -0.167. The van der Waals surface area contributed by atoms with Gasteiger partial charge in [0.2, 0.25) is 0 Å². The van der Waals surface area contributed by atoms with Gasteiger partial charge in [0.25, 0.3) is 0 Å². The Labute approximate surface area is 107 Å². The Balaban J connectivity index is 1.98. The van der Waals surface area contributed by atoms with Gasteiger partial charge in [0.1, 0.15) is 5.82 Å². The fraction of sp³-hybridized carbons (Fsp3) is 0.267. The number of aromatic nitrogens is 1. The lowest BCUT2D eigenvalue weighted by Crippen LogP contribution is -2.19. The van der Waals surface area contributed by atoms with Crippen LogP contribution in [0.1, 0.15) is 29.8 Å². The number of rotatable bonds is 4. The third-order valence-electron chi connectivity index (χ3n) is 2.96. The summed E-state index contributed by atoms with van der Waals surface area (Å²) in [6, 6.07) is 10.8. The molecule has 2 nitrogen and oxygen atoms in total. The van der Waals surface area contributed by atoms with Gasteiger partial charge in [-0.05, 0) is 31.5 Å². The van der Waals surface area contributed by atoms with Gasteiger partial charge in [-0.3, -0.25) is 4.98 Å². The van der Waals surface area contributed by atoms with Gasteiger partial charge >= 0.3 is 0 Å². The van der Waals surface area contributed by atoms with Crippen LogP contribution in [0.5, 0.6) is 0 Å². The number of nitrogens with zero attached hydrogens (tertiary/aromatic N) is 1. The largest absolute Gasteiger partial charge is 0.306 e. The van der Waals surface area contributed by atoms with E-state index in [-0.39, 0.29) is 11.9 Å². The highest BCUT2D eigenvalue weighted by atomic mass is 19.1. The van der Waals surface area contributed by atoms with Crippen molar-refractivity contribution in [1.82, 2.24) is 10.3 Å². The molecular formula is C15H17FN2. The van der Waals surface area contributed by atoms with E-state index in [9.17, 15) is 4.39 Å². The first-order valence-electron chi connectivity index (χ1n) is 6.06. The molecule has 94 valence electrons. The van der Waals surface area contributed by atoms with E-state index in [1.54, 1.807) is 12.1 Å². The molecule has 0 saturated carbocycles. The zero-order valence-electron chi connectivity index (χ0n) is 10.7. The monoisotopic (exact) mass is 244 g/mol. The molecule has 0 fully saturated rings. The quantitative estimate of drug-likeness (QED) is 0.891. The molecule has 0 aliphatic rings. The second-order valence-electron chi connectivity index (χ2n) is 4.43. The molecule has 0 aliphatic heterocycles. The van der Waals surface area contributed by atoms with Crippen LogP contribution in [0, 0.1) is 12.7 Å². The molecular weight excluding hydrogens is 227 g/mol. The second kappa shape index (κ2) is 5.74. The lowest BCUT2D eigenvalue weighted by molar-refractivity contribution is 0.528. The van der Waals surface area contributed by atoms with Crippen molar-refractivity contribution in [2.24, 2.45) is 0 Å². The summed E-state index contributed by atoms with van der Waals surface area (Å²) in [4.78, 5) is 4.23. The first-order valence-corrected chi connectivity index (χ1v) is 6.06. The van der Waals surface area contributed by atoms with E-state index in [1.165, 1.54) is 6.07 Å². The molecule has 0 saturated heterocycles. The van der Waals surface area contributed by atoms with Gasteiger partial charge < -0.3 is 5.32 Å². The van der Waals surface area contributed by atoms with Crippen molar-refractivity contribution in [2.45, 2.75) is 26.4 Å². The molecule has 3 heteroatoms. The Kier molecular flexibility index (Phi) is 4.05. The molecule has 1 atom stereocenters. The van der Waals surface area contributed by atoms with Crippen LogP contribution in [0.3, 0.4) is 0 Å². The molecule has 0 amide bonds. The molecule has 2 aromatic rings. The molecule has 0 bridgehead atoms. The Morgan fingerprint density at radius 3 is 2.67 bits per heavy atom. The summed E-state index contributed by atoms with van der Waals surface area (Å²) in [6.45, 7) is 4.60. The number of hydrogen-bond acceptors (Lipinski definition) is 2. The molecule has 0 radical (unpaired) electrons. The third-order valence-corrected chi connectivity index (χ3v) is 2.96. The molecule has 0 aliphatic carbocycles. The molecule has 1 heterocycles. The normalized spacial score (nSPS) is 12.4. The maximum atomic E-state index is 13.6. The summed E-state index contributed by atoms with van der Waals surface area (Å²) in [5, 5.41) is 3.30. The van der Waals surface area contributed by atoms with E-state index >= 15 is 0 Å². The van der Waals surface area contributed by atoms with E-state index in [2.05, 4.69) is 10.3 Å². The highest BCUT2D eigenvalue weighted by Gasteiger charge is 2.09. The van der Waals surface area contributed by atoms with Crippen molar-refractivity contribution < 1.29 is 4.39 Å². The van der Waals surface area contributed by atoms with E-state index < -0.39 is 0 Å². The number of pyridine rings is 1. The lowest BCUT2D eigenvalue weighted by atomic mass is 10.1. The van der Waals surface area contributed by atoms with Crippen LogP contribution < -0.4 is 5.32 Å². The molecule has 0 spiro atoms. The van der Waals surface area contributed by atoms with E-state index in [0.29, 0.717) is 12.1 Å². The average molecular weight is 244 g/mol. The van der Waals surface area contributed by atoms with Crippen molar-refractivity contribution in [1.29, 1.82) is 0 Å². The number of hydrogen-bond donors (Lipinski definition) is 1. The zero-order chi connectivity index (χ0) is 13.0. The first kappa shape index (κ1) is 12.7. The smallest absolute Gasteiger partial charge is 0.127 e. The Morgan fingerprint density at radius 1 is 1.22 bits per heavy atom. The van der Waals surface area contributed by atoms with Gasteiger partial charge in [0.15, 0.2) is 0 Å². The van der Waals surface area contributed by atoms with E-state index in [1.807, 2.05) is 38.2 Å². The molecule has 2 rings (SSSR count). The van der Waals surface area contributed by atoms with Gasteiger partial charge in [-0.1, -0.05) is 24.3 Å². The van der Waals surface area contributed by atoms with Crippen LogP contribution in [0.25, 0.3) is 0 Å². The van der Waals surface area contributed by atoms with Crippen LogP contribution >= 0.6 is 0 Å². The van der Waals surface area contributed by atoms with Crippen LogP contribution in [-0.2, 0) is 6.54 Å². The van der Waals surface area contributed by atoms with Crippen LogP contribution in [0.4, 0.5) is 4.39 Å². The van der Waals surface area contributed by atoms with Crippen molar-refractivity contribution in [3.05, 3.63) is 65.2 Å². The standard InChI is InChI=1S/C15H17FN2/c1-11-7-8-13(9-17-11)10-18-12(2)14-5-3-4-6-15(14)16/h3-9,12,18H,10H2,1-2H3. The summed E-state index contributed by atoms with van der Waals surface area (Å²) in [5.74, 6) is -0.167. The topological polar surface area (TPSA) is 24.9 Å². The maximum absolute atomic E-state index is 13.6. The van der Waals surface area contributed by atoms with Gasteiger partial charge in [-0.15, -0.1) is 0 Å². The highest BCUT2D eigenvalue weighted by Crippen LogP contribution is 2.16. The van der Waals surface area contributed by atoms with Crippen molar-refractivity contribution >= 4 is 0 Å². The minimum absolute atomic E-state index is 0.0208. The second-order valence-corrected chi connectivity index (χ2v) is 4.43. The van der Waals surface area contributed by atoms with Gasteiger partial charge in [-0.25, -0.2) is 4.39 Å². The maximum Gasteiger partial charge on any atom is 0.127 e. The zero-order valence-corrected chi connectivity index (χ0v) is 10.7. The summed E-state index contributed by atoms with van der Waals surface area (Å²) < 4.78 is 13.6. The predicted octanol–water partition coefficient (Wildman–Crippen LogP) is 3.38. The fourth-order valence-corrected chi connectivity index (χ4v) is 1.81. The predicted molar refractivity (Wildman–Crippen MR) is 70.6 cm³/mol. The lowest BCUT2D eigenvalue weighted by Gasteiger charge is -2.14. The summed E-state index contributed by atoms with van der Waals surface area (Å²) in [7, 11) is 0. The Bertz CT molecular complexity index is 508. The van der Waals surface area contributed by atoms with Crippen molar-refractivity contribution in [3.63, 3.8) is 0 Å².